The van der Waals surface area contributed by atoms with Crippen LogP contribution in [0.2, 0.25) is 5.02 Å². The summed E-state index contributed by atoms with van der Waals surface area (Å²) in [6, 6.07) is 5.31. The molecule has 0 bridgehead atoms. The fourth-order valence-corrected chi connectivity index (χ4v) is 5.55. The van der Waals surface area contributed by atoms with Crippen molar-refractivity contribution in [2.45, 2.75) is 39.7 Å². The number of thiophene rings is 1. The summed E-state index contributed by atoms with van der Waals surface area (Å²) >= 11 is 7.80. The number of hydrogen-bond acceptors (Lipinski definition) is 5. The molecule has 1 amide bonds. The number of carbonyl (C=O) groups is 1. The predicted octanol–water partition coefficient (Wildman–Crippen LogP) is 3.83. The average molecular weight is 442 g/mol. The highest BCUT2D eigenvalue weighted by atomic mass is 35.5. The van der Waals surface area contributed by atoms with Crippen molar-refractivity contribution in [1.29, 1.82) is 0 Å². The summed E-state index contributed by atoms with van der Waals surface area (Å²) in [4.78, 5) is 32.2. The monoisotopic (exact) mass is 441 g/mol. The van der Waals surface area contributed by atoms with Crippen molar-refractivity contribution in [1.82, 2.24) is 19.2 Å². The fraction of sp³-hybridized carbons (Fsp3) is 0.333. The lowest BCUT2D eigenvalue weighted by atomic mass is 9.89. The Morgan fingerprint density at radius 2 is 2.23 bits per heavy atom. The van der Waals surface area contributed by atoms with Crippen molar-refractivity contribution in [3.8, 4) is 0 Å². The molecule has 0 saturated heterocycles. The molecule has 0 fully saturated rings. The number of hydrogen-bond donors (Lipinski definition) is 1. The van der Waals surface area contributed by atoms with E-state index in [4.69, 9.17) is 11.6 Å². The molecule has 1 N–H and O–H groups in total. The Bertz CT molecular complexity index is 1370. The molecule has 3 heterocycles. The molecule has 5 rings (SSSR count). The van der Waals surface area contributed by atoms with Gasteiger partial charge in [0.25, 0.3) is 0 Å². The Balaban J connectivity index is 1.52. The lowest BCUT2D eigenvalue weighted by Crippen LogP contribution is -2.28. The average Bonchev–Trinajstić information content (AvgIpc) is 3.22. The second-order valence-electron chi connectivity index (χ2n) is 7.87. The normalized spacial score (nSPS) is 16.2. The third-order valence-electron chi connectivity index (χ3n) is 5.71. The van der Waals surface area contributed by atoms with Gasteiger partial charge >= 0.3 is 5.69 Å². The highest BCUT2D eigenvalue weighted by Gasteiger charge is 2.24. The summed E-state index contributed by atoms with van der Waals surface area (Å²) in [7, 11) is 0. The molecule has 30 heavy (non-hydrogen) atoms. The van der Waals surface area contributed by atoms with E-state index in [0.717, 1.165) is 35.0 Å². The Morgan fingerprint density at radius 1 is 1.40 bits per heavy atom. The summed E-state index contributed by atoms with van der Waals surface area (Å²) < 4.78 is 2.63. The minimum absolute atomic E-state index is 0.183. The standard InChI is InChI=1S/C21H20ClN5O2S/c1-11-6-7-13-16(8-11)30-20-18(13)19-25-27(21(29)26(19)10-23-20)9-17(28)24-15-5-3-4-14(22)12(15)2/h3-5,10-11H,6-9H2,1-2H3,(H,24,28)/t11-/m1/s1. The van der Waals surface area contributed by atoms with E-state index in [-0.39, 0.29) is 18.1 Å². The van der Waals surface area contributed by atoms with Gasteiger partial charge in [-0.25, -0.2) is 18.9 Å². The van der Waals surface area contributed by atoms with Crippen LogP contribution in [0.1, 0.15) is 29.3 Å². The second kappa shape index (κ2) is 7.21. The number of aromatic nitrogens is 4. The quantitative estimate of drug-likeness (QED) is 0.523. The van der Waals surface area contributed by atoms with Crippen LogP contribution < -0.4 is 11.0 Å². The molecule has 0 spiro atoms. The van der Waals surface area contributed by atoms with Crippen molar-refractivity contribution >= 4 is 50.4 Å². The van der Waals surface area contributed by atoms with Gasteiger partial charge < -0.3 is 5.32 Å². The van der Waals surface area contributed by atoms with Crippen LogP contribution >= 0.6 is 22.9 Å². The number of anilines is 1. The van der Waals surface area contributed by atoms with Crippen LogP contribution in [-0.2, 0) is 24.2 Å². The van der Waals surface area contributed by atoms with Crippen LogP contribution in [0.15, 0.2) is 29.3 Å². The van der Waals surface area contributed by atoms with Crippen LogP contribution in [0.3, 0.4) is 0 Å². The van der Waals surface area contributed by atoms with E-state index in [1.54, 1.807) is 29.5 Å². The van der Waals surface area contributed by atoms with Crippen molar-refractivity contribution in [3.05, 3.63) is 56.0 Å². The Hall–Kier alpha value is -2.71. The van der Waals surface area contributed by atoms with Gasteiger partial charge in [-0.3, -0.25) is 4.79 Å². The van der Waals surface area contributed by atoms with E-state index in [2.05, 4.69) is 22.3 Å². The molecule has 3 aromatic heterocycles. The van der Waals surface area contributed by atoms with Gasteiger partial charge in [-0.15, -0.1) is 16.4 Å². The highest BCUT2D eigenvalue weighted by molar-refractivity contribution is 7.19. The van der Waals surface area contributed by atoms with Gasteiger partial charge in [0.05, 0.1) is 5.39 Å². The molecule has 0 radical (unpaired) electrons. The Morgan fingerprint density at radius 3 is 3.07 bits per heavy atom. The molecule has 1 aliphatic carbocycles. The SMILES string of the molecule is Cc1c(Cl)cccc1NC(=O)Cn1nc2c3c4c(sc3ncn2c1=O)C[C@H](C)CC4. The van der Waals surface area contributed by atoms with Crippen LogP contribution in [0.25, 0.3) is 15.9 Å². The maximum Gasteiger partial charge on any atom is 0.352 e. The zero-order chi connectivity index (χ0) is 21.0. The number of benzene rings is 1. The van der Waals surface area contributed by atoms with E-state index in [0.29, 0.717) is 22.3 Å². The number of nitrogens with zero attached hydrogens (tertiary/aromatic N) is 4. The molecule has 0 unspecified atom stereocenters. The van der Waals surface area contributed by atoms with Crippen molar-refractivity contribution in [3.63, 3.8) is 0 Å². The van der Waals surface area contributed by atoms with E-state index >= 15 is 0 Å². The molecule has 154 valence electrons. The number of amides is 1. The highest BCUT2D eigenvalue weighted by Crippen LogP contribution is 2.38. The van der Waals surface area contributed by atoms with Crippen LogP contribution in [0.4, 0.5) is 5.69 Å². The summed E-state index contributed by atoms with van der Waals surface area (Å²) in [5, 5.41) is 8.84. The van der Waals surface area contributed by atoms with Gasteiger partial charge in [0.2, 0.25) is 5.91 Å². The van der Waals surface area contributed by atoms with Gasteiger partial charge in [0.15, 0.2) is 5.65 Å². The zero-order valence-electron chi connectivity index (χ0n) is 16.6. The minimum atomic E-state index is -0.374. The third kappa shape index (κ3) is 3.11. The number of halogens is 1. The smallest absolute Gasteiger partial charge is 0.324 e. The van der Waals surface area contributed by atoms with Gasteiger partial charge in [0.1, 0.15) is 17.7 Å². The van der Waals surface area contributed by atoms with Crippen LogP contribution in [-0.4, -0.2) is 25.1 Å². The first kappa shape index (κ1) is 19.3. The molecular weight excluding hydrogens is 422 g/mol. The van der Waals surface area contributed by atoms with E-state index < -0.39 is 0 Å². The predicted molar refractivity (Wildman–Crippen MR) is 119 cm³/mol. The summed E-state index contributed by atoms with van der Waals surface area (Å²) in [6.07, 6.45) is 4.63. The summed E-state index contributed by atoms with van der Waals surface area (Å²) in [6.45, 7) is 3.91. The molecule has 9 heteroatoms. The fourth-order valence-electron chi connectivity index (χ4n) is 4.03. The summed E-state index contributed by atoms with van der Waals surface area (Å²) in [5.41, 5.74) is 2.85. The van der Waals surface area contributed by atoms with Crippen molar-refractivity contribution in [2.75, 3.05) is 5.32 Å². The van der Waals surface area contributed by atoms with Gasteiger partial charge in [-0.05, 0) is 55.4 Å². The molecule has 4 aromatic rings. The number of nitrogens with one attached hydrogen (secondary N) is 1. The number of aryl methyl sites for hydroxylation is 1. The molecule has 1 atom stereocenters. The maximum atomic E-state index is 12.8. The first-order valence-corrected chi connectivity index (χ1v) is 11.0. The number of fused-ring (bicyclic) bond motifs is 5. The first-order valence-electron chi connectivity index (χ1n) is 9.85. The van der Waals surface area contributed by atoms with Gasteiger partial charge in [-0.1, -0.05) is 24.6 Å². The third-order valence-corrected chi connectivity index (χ3v) is 7.28. The first-order chi connectivity index (χ1) is 14.4. The van der Waals surface area contributed by atoms with E-state index in [1.165, 1.54) is 25.9 Å². The van der Waals surface area contributed by atoms with Crippen molar-refractivity contribution < 1.29 is 4.79 Å². The molecular formula is C21H20ClN5O2S. The molecule has 0 aliphatic heterocycles. The van der Waals surface area contributed by atoms with E-state index in [9.17, 15) is 9.59 Å². The lowest BCUT2D eigenvalue weighted by Gasteiger charge is -2.17. The van der Waals surface area contributed by atoms with Gasteiger partial charge in [0, 0.05) is 15.6 Å². The molecule has 7 nitrogen and oxygen atoms in total. The van der Waals surface area contributed by atoms with Gasteiger partial charge in [-0.2, -0.15) is 0 Å². The number of carbonyl (C=O) groups excluding carboxylic acids is 1. The molecule has 0 saturated carbocycles. The van der Waals surface area contributed by atoms with Crippen molar-refractivity contribution in [2.24, 2.45) is 5.92 Å². The second-order valence-corrected chi connectivity index (χ2v) is 9.36. The number of rotatable bonds is 3. The Labute approximate surface area is 181 Å². The van der Waals surface area contributed by atoms with Crippen LogP contribution in [0, 0.1) is 12.8 Å². The molecule has 1 aliphatic rings. The topological polar surface area (TPSA) is 81.3 Å². The molecule has 1 aromatic carbocycles. The Kier molecular flexibility index (Phi) is 4.63. The largest absolute Gasteiger partial charge is 0.352 e. The zero-order valence-corrected chi connectivity index (χ0v) is 18.2. The van der Waals surface area contributed by atoms with E-state index in [1.807, 2.05) is 6.92 Å². The lowest BCUT2D eigenvalue weighted by molar-refractivity contribution is -0.117. The maximum absolute atomic E-state index is 12.8. The van der Waals surface area contributed by atoms with Crippen LogP contribution in [0.5, 0.6) is 0 Å². The summed E-state index contributed by atoms with van der Waals surface area (Å²) in [5.74, 6) is 0.316. The minimum Gasteiger partial charge on any atom is -0.324 e.